The molecule has 0 saturated carbocycles. The van der Waals surface area contributed by atoms with Crippen LogP contribution in [0.5, 0.6) is 0 Å². The monoisotopic (exact) mass is 387 g/mol. The number of hydrogen-bond donors (Lipinski definition) is 3. The number of nitrogens with zero attached hydrogens (tertiary/aromatic N) is 3. The van der Waals surface area contributed by atoms with E-state index >= 15 is 0 Å². The van der Waals surface area contributed by atoms with Crippen molar-refractivity contribution in [2.75, 3.05) is 6.61 Å². The van der Waals surface area contributed by atoms with Crippen molar-refractivity contribution >= 4 is 11.0 Å². The first-order chi connectivity index (χ1) is 11.9. The lowest BCUT2D eigenvalue weighted by atomic mass is 10.1. The van der Waals surface area contributed by atoms with Crippen molar-refractivity contribution < 1.29 is 46.4 Å². The summed E-state index contributed by atoms with van der Waals surface area (Å²) in [6.45, 7) is -0.733. The molecule has 0 bridgehead atoms. The molecule has 144 valence electrons. The molecule has 0 aliphatic carbocycles. The lowest BCUT2D eigenvalue weighted by Crippen LogP contribution is -2.33. The molecule has 13 heteroatoms. The Bertz CT molecular complexity index is 821. The van der Waals surface area contributed by atoms with Crippen LogP contribution in [-0.4, -0.2) is 55.0 Å². The summed E-state index contributed by atoms with van der Waals surface area (Å²) in [4.78, 5) is 3.18. The molecule has 0 radical (unpaired) electrons. The van der Waals surface area contributed by atoms with Gasteiger partial charge in [0.1, 0.15) is 24.0 Å². The van der Waals surface area contributed by atoms with E-state index < -0.39 is 65.8 Å². The molecule has 4 atom stereocenters. The van der Waals surface area contributed by atoms with Gasteiger partial charge in [0.25, 0.3) is 0 Å². The lowest BCUT2D eigenvalue weighted by molar-refractivity contribution is -0.144. The van der Waals surface area contributed by atoms with Gasteiger partial charge in [-0.1, -0.05) is 0 Å². The summed E-state index contributed by atoms with van der Waals surface area (Å²) in [5, 5.41) is 31.5. The van der Waals surface area contributed by atoms with Gasteiger partial charge in [-0.3, -0.25) is 0 Å². The van der Waals surface area contributed by atoms with Crippen molar-refractivity contribution in [3.05, 3.63) is 23.5 Å². The van der Waals surface area contributed by atoms with Crippen molar-refractivity contribution in [2.24, 2.45) is 0 Å². The van der Waals surface area contributed by atoms with Gasteiger partial charge in [-0.2, -0.15) is 31.4 Å². The Morgan fingerprint density at radius 2 is 1.73 bits per heavy atom. The molecule has 1 aliphatic heterocycles. The van der Waals surface area contributed by atoms with E-state index in [0.717, 1.165) is 0 Å². The zero-order chi connectivity index (χ0) is 19.4. The van der Waals surface area contributed by atoms with Crippen LogP contribution < -0.4 is 0 Å². The first-order valence-electron chi connectivity index (χ1n) is 7.10. The molecular formula is C13H11F6N3O4. The summed E-state index contributed by atoms with van der Waals surface area (Å²) in [6, 6.07) is -0.133. The minimum atomic E-state index is -5.16. The topological polar surface area (TPSA) is 101 Å². The number of aliphatic hydroxyl groups excluding tert-OH is 3. The van der Waals surface area contributed by atoms with E-state index in [1.165, 1.54) is 0 Å². The molecule has 7 nitrogen and oxygen atoms in total. The van der Waals surface area contributed by atoms with Gasteiger partial charge in [-0.15, -0.1) is 0 Å². The highest BCUT2D eigenvalue weighted by Gasteiger charge is 2.46. The third kappa shape index (κ3) is 3.00. The molecule has 1 aliphatic rings. The summed E-state index contributed by atoms with van der Waals surface area (Å²) in [7, 11) is 0. The van der Waals surface area contributed by atoms with Crippen LogP contribution >= 0.6 is 0 Å². The number of halogens is 6. The molecule has 3 rings (SSSR count). The van der Waals surface area contributed by atoms with E-state index in [4.69, 9.17) is 9.84 Å². The summed E-state index contributed by atoms with van der Waals surface area (Å²) in [5.41, 5.74) is -4.24. The van der Waals surface area contributed by atoms with Crippen molar-refractivity contribution in [3.8, 4) is 0 Å². The van der Waals surface area contributed by atoms with Crippen molar-refractivity contribution in [3.63, 3.8) is 0 Å². The van der Waals surface area contributed by atoms with Gasteiger partial charge < -0.3 is 20.1 Å². The molecule has 2 aromatic rings. The van der Waals surface area contributed by atoms with E-state index in [0.29, 0.717) is 10.9 Å². The Labute approximate surface area is 140 Å². The molecule has 3 N–H and O–H groups in total. The fourth-order valence-electron chi connectivity index (χ4n) is 2.67. The van der Waals surface area contributed by atoms with Gasteiger partial charge in [0.15, 0.2) is 11.9 Å². The Morgan fingerprint density at radius 3 is 2.23 bits per heavy atom. The smallest absolute Gasteiger partial charge is 0.394 e. The second kappa shape index (κ2) is 6.04. The Kier molecular flexibility index (Phi) is 4.37. The number of rotatable bonds is 2. The quantitative estimate of drug-likeness (QED) is 0.667. The van der Waals surface area contributed by atoms with Crippen LogP contribution in [0.1, 0.15) is 17.5 Å². The second-order valence-corrected chi connectivity index (χ2v) is 5.61. The maximum atomic E-state index is 13.1. The summed E-state index contributed by atoms with van der Waals surface area (Å²) < 4.78 is 83.9. The Hall–Kier alpha value is -1.96. The van der Waals surface area contributed by atoms with Crippen LogP contribution in [0, 0.1) is 0 Å². The average Bonchev–Trinajstić information content (AvgIpc) is 3.07. The maximum absolute atomic E-state index is 13.1. The summed E-state index contributed by atoms with van der Waals surface area (Å²) in [5.74, 6) is 0. The molecule has 2 aromatic heterocycles. The predicted octanol–water partition coefficient (Wildman–Crippen LogP) is 1.08. The van der Waals surface area contributed by atoms with Crippen LogP contribution in [0.2, 0.25) is 0 Å². The number of aromatic nitrogens is 3. The molecule has 3 heterocycles. The highest BCUT2D eigenvalue weighted by Crippen LogP contribution is 2.40. The highest BCUT2D eigenvalue weighted by atomic mass is 19.4. The van der Waals surface area contributed by atoms with Crippen LogP contribution in [0.25, 0.3) is 11.0 Å². The minimum absolute atomic E-state index is 0.133. The molecule has 1 saturated heterocycles. The number of aliphatic hydroxyl groups is 3. The highest BCUT2D eigenvalue weighted by molar-refractivity contribution is 5.80. The van der Waals surface area contributed by atoms with Gasteiger partial charge in [-0.25, -0.2) is 9.67 Å². The SMILES string of the molecule is OC[C@H]1O[C@@H](n2ncc3c(C(F)(F)F)cc(C(F)(F)F)nc32)[C@H](O)[C@@H]1O. The van der Waals surface area contributed by atoms with E-state index in [-0.39, 0.29) is 6.07 Å². The Morgan fingerprint density at radius 1 is 1.08 bits per heavy atom. The molecule has 0 amide bonds. The fourth-order valence-corrected chi connectivity index (χ4v) is 2.67. The van der Waals surface area contributed by atoms with Gasteiger partial charge in [-0.05, 0) is 6.07 Å². The third-order valence-corrected chi connectivity index (χ3v) is 3.92. The zero-order valence-corrected chi connectivity index (χ0v) is 12.5. The third-order valence-electron chi connectivity index (χ3n) is 3.92. The van der Waals surface area contributed by atoms with E-state index in [2.05, 4.69) is 10.1 Å². The van der Waals surface area contributed by atoms with Crippen LogP contribution in [0.15, 0.2) is 12.3 Å². The number of alkyl halides is 6. The number of ether oxygens (including phenoxy) is 1. The van der Waals surface area contributed by atoms with Crippen molar-refractivity contribution in [2.45, 2.75) is 36.9 Å². The van der Waals surface area contributed by atoms with E-state index in [1.807, 2.05) is 0 Å². The van der Waals surface area contributed by atoms with Gasteiger partial charge in [0, 0.05) is 0 Å². The number of hydrogen-bond acceptors (Lipinski definition) is 6. The first-order valence-corrected chi connectivity index (χ1v) is 7.10. The zero-order valence-electron chi connectivity index (χ0n) is 12.5. The van der Waals surface area contributed by atoms with Gasteiger partial charge in [0.05, 0.1) is 23.8 Å². The van der Waals surface area contributed by atoms with Gasteiger partial charge >= 0.3 is 12.4 Å². The van der Waals surface area contributed by atoms with Crippen LogP contribution in [0.3, 0.4) is 0 Å². The van der Waals surface area contributed by atoms with Crippen LogP contribution in [-0.2, 0) is 17.1 Å². The summed E-state index contributed by atoms with van der Waals surface area (Å²) in [6.07, 6.45) is -15.9. The van der Waals surface area contributed by atoms with Crippen molar-refractivity contribution in [1.82, 2.24) is 14.8 Å². The minimum Gasteiger partial charge on any atom is -0.394 e. The largest absolute Gasteiger partial charge is 0.433 e. The standard InChI is InChI=1S/C13H11F6N3O4/c14-12(15,16)5-1-7(13(17,18)19)21-10-4(5)2-20-22(10)11-9(25)8(24)6(3-23)26-11/h1-2,6,8-9,11,23-25H,3H2/t6-,8-,9-,11-/m1/s1. The van der Waals surface area contributed by atoms with Crippen LogP contribution in [0.4, 0.5) is 26.3 Å². The molecule has 0 aromatic carbocycles. The normalized spacial score (nSPS) is 27.4. The van der Waals surface area contributed by atoms with E-state index in [9.17, 15) is 36.6 Å². The molecule has 26 heavy (non-hydrogen) atoms. The first kappa shape index (κ1) is 18.8. The maximum Gasteiger partial charge on any atom is 0.433 e. The Balaban J connectivity index is 2.20. The molecule has 0 spiro atoms. The molecular weight excluding hydrogens is 376 g/mol. The molecule has 0 unspecified atom stereocenters. The molecule has 1 fully saturated rings. The van der Waals surface area contributed by atoms with Crippen molar-refractivity contribution in [1.29, 1.82) is 0 Å². The lowest BCUT2D eigenvalue weighted by Gasteiger charge is -2.17. The van der Waals surface area contributed by atoms with E-state index in [1.54, 1.807) is 0 Å². The average molecular weight is 387 g/mol. The number of pyridine rings is 1. The number of fused-ring (bicyclic) bond motifs is 1. The fraction of sp³-hybridized carbons (Fsp3) is 0.538. The summed E-state index contributed by atoms with van der Waals surface area (Å²) >= 11 is 0. The van der Waals surface area contributed by atoms with Gasteiger partial charge in [0.2, 0.25) is 0 Å². The second-order valence-electron chi connectivity index (χ2n) is 5.61. The predicted molar refractivity (Wildman–Crippen MR) is 70.5 cm³/mol.